The van der Waals surface area contributed by atoms with Crippen molar-refractivity contribution < 1.29 is 0 Å². The summed E-state index contributed by atoms with van der Waals surface area (Å²) in [5.74, 6) is 3.69. The van der Waals surface area contributed by atoms with Crippen LogP contribution in [-0.2, 0) is 0 Å². The second kappa shape index (κ2) is 7.33. The lowest BCUT2D eigenvalue weighted by Gasteiger charge is -2.31. The van der Waals surface area contributed by atoms with E-state index in [0.29, 0.717) is 6.04 Å². The number of hydrogen-bond acceptors (Lipinski definition) is 2. The molecule has 1 fully saturated rings. The Balaban J connectivity index is 2.10. The number of rotatable bonds is 8. The van der Waals surface area contributed by atoms with Crippen LogP contribution in [-0.4, -0.2) is 31.1 Å². The van der Waals surface area contributed by atoms with Crippen molar-refractivity contribution in [2.45, 2.75) is 25.8 Å². The monoisotopic (exact) mass is 256 g/mol. The Hall–Kier alpha value is -1.30. The van der Waals surface area contributed by atoms with Crippen LogP contribution in [0.1, 0.15) is 31.4 Å². The number of nitrogens with zero attached hydrogens (tertiary/aromatic N) is 1. The lowest BCUT2D eigenvalue weighted by molar-refractivity contribution is 0.209. The Bertz CT molecular complexity index is 403. The topological polar surface area (TPSA) is 15.3 Å². The van der Waals surface area contributed by atoms with Gasteiger partial charge >= 0.3 is 0 Å². The van der Waals surface area contributed by atoms with Crippen LogP contribution in [0.3, 0.4) is 0 Å². The zero-order valence-electron chi connectivity index (χ0n) is 11.8. The number of hydrogen-bond donors (Lipinski definition) is 1. The van der Waals surface area contributed by atoms with E-state index >= 15 is 0 Å². The minimum atomic E-state index is 0.387. The largest absolute Gasteiger partial charge is 0.315 e. The van der Waals surface area contributed by atoms with Crippen molar-refractivity contribution in [1.82, 2.24) is 10.2 Å². The van der Waals surface area contributed by atoms with Gasteiger partial charge in [0.05, 0.1) is 6.54 Å². The maximum absolute atomic E-state index is 5.56. The first-order chi connectivity index (χ1) is 9.35. The van der Waals surface area contributed by atoms with Gasteiger partial charge in [-0.2, -0.15) is 0 Å². The van der Waals surface area contributed by atoms with Gasteiger partial charge < -0.3 is 5.32 Å². The fraction of sp³-hybridized carbons (Fsp3) is 0.529. The molecule has 2 rings (SSSR count). The molecule has 102 valence electrons. The van der Waals surface area contributed by atoms with E-state index in [9.17, 15) is 0 Å². The maximum atomic E-state index is 5.56. The Kier molecular flexibility index (Phi) is 5.44. The number of likely N-dealkylation sites (N-methyl/N-ethyl adjacent to an activating group) is 1. The molecular weight excluding hydrogens is 232 g/mol. The molecule has 1 aromatic carbocycles. The Morgan fingerprint density at radius 1 is 1.37 bits per heavy atom. The molecule has 1 unspecified atom stereocenters. The Labute approximate surface area is 117 Å². The lowest BCUT2D eigenvalue weighted by atomic mass is 10.0. The fourth-order valence-electron chi connectivity index (χ4n) is 2.47. The molecule has 0 aromatic heterocycles. The van der Waals surface area contributed by atoms with E-state index in [1.54, 1.807) is 0 Å². The van der Waals surface area contributed by atoms with E-state index in [2.05, 4.69) is 53.4 Å². The summed E-state index contributed by atoms with van der Waals surface area (Å²) >= 11 is 0. The first-order valence-electron chi connectivity index (χ1n) is 7.28. The SMILES string of the molecule is C#CCN(CC1CC1)C(CNCC)c1ccccc1. The Morgan fingerprint density at radius 3 is 2.68 bits per heavy atom. The molecule has 0 radical (unpaired) electrons. The quantitative estimate of drug-likeness (QED) is 0.719. The molecule has 1 N–H and O–H groups in total. The summed E-state index contributed by atoms with van der Waals surface area (Å²) < 4.78 is 0. The lowest BCUT2D eigenvalue weighted by Crippen LogP contribution is -2.37. The van der Waals surface area contributed by atoms with E-state index in [4.69, 9.17) is 6.42 Å². The van der Waals surface area contributed by atoms with Crippen molar-refractivity contribution >= 4 is 0 Å². The van der Waals surface area contributed by atoms with Crippen molar-refractivity contribution in [1.29, 1.82) is 0 Å². The summed E-state index contributed by atoms with van der Waals surface area (Å²) in [5, 5.41) is 3.47. The standard InChI is InChI=1S/C17H24N2/c1-3-12-19(14-15-10-11-15)17(13-18-4-2)16-8-6-5-7-9-16/h1,5-9,15,17-18H,4,10-14H2,2H3. The molecule has 0 amide bonds. The minimum Gasteiger partial charge on any atom is -0.315 e. The third-order valence-corrected chi connectivity index (χ3v) is 3.70. The summed E-state index contributed by atoms with van der Waals surface area (Å²) in [6.45, 7) is 5.98. The molecule has 1 aliphatic rings. The summed E-state index contributed by atoms with van der Waals surface area (Å²) in [5.41, 5.74) is 1.36. The van der Waals surface area contributed by atoms with E-state index in [1.807, 2.05) is 0 Å². The predicted molar refractivity (Wildman–Crippen MR) is 80.9 cm³/mol. The van der Waals surface area contributed by atoms with Gasteiger partial charge in [0.15, 0.2) is 0 Å². The van der Waals surface area contributed by atoms with Crippen LogP contribution in [0.2, 0.25) is 0 Å². The Morgan fingerprint density at radius 2 is 2.11 bits per heavy atom. The first kappa shape index (κ1) is 14.1. The predicted octanol–water partition coefficient (Wildman–Crippen LogP) is 2.68. The smallest absolute Gasteiger partial charge is 0.0604 e. The minimum absolute atomic E-state index is 0.387. The molecule has 1 aliphatic carbocycles. The van der Waals surface area contributed by atoms with E-state index in [0.717, 1.165) is 32.1 Å². The van der Waals surface area contributed by atoms with Gasteiger partial charge in [0, 0.05) is 19.1 Å². The third-order valence-electron chi connectivity index (χ3n) is 3.70. The number of benzene rings is 1. The molecule has 0 aliphatic heterocycles. The summed E-state index contributed by atoms with van der Waals surface area (Å²) in [6, 6.07) is 11.1. The van der Waals surface area contributed by atoms with Crippen LogP contribution in [0.4, 0.5) is 0 Å². The molecule has 0 bridgehead atoms. The van der Waals surface area contributed by atoms with Crippen LogP contribution < -0.4 is 5.32 Å². The summed E-state index contributed by atoms with van der Waals surface area (Å²) in [4.78, 5) is 2.45. The highest BCUT2D eigenvalue weighted by atomic mass is 15.2. The van der Waals surface area contributed by atoms with Crippen LogP contribution in [0, 0.1) is 18.3 Å². The van der Waals surface area contributed by atoms with Crippen LogP contribution in [0.25, 0.3) is 0 Å². The fourth-order valence-corrected chi connectivity index (χ4v) is 2.47. The second-order valence-electron chi connectivity index (χ2n) is 5.31. The van der Waals surface area contributed by atoms with Gasteiger partial charge in [0.1, 0.15) is 0 Å². The normalized spacial score (nSPS) is 16.3. The molecule has 19 heavy (non-hydrogen) atoms. The second-order valence-corrected chi connectivity index (χ2v) is 5.31. The average Bonchev–Trinajstić information content (AvgIpc) is 3.24. The zero-order chi connectivity index (χ0) is 13.5. The molecule has 2 heteroatoms. The average molecular weight is 256 g/mol. The van der Waals surface area contributed by atoms with Gasteiger partial charge in [-0.1, -0.05) is 43.2 Å². The van der Waals surface area contributed by atoms with Crippen molar-refractivity contribution in [3.05, 3.63) is 35.9 Å². The molecular formula is C17H24N2. The first-order valence-corrected chi connectivity index (χ1v) is 7.28. The molecule has 0 heterocycles. The maximum Gasteiger partial charge on any atom is 0.0604 e. The van der Waals surface area contributed by atoms with Crippen molar-refractivity contribution in [2.24, 2.45) is 5.92 Å². The highest BCUT2D eigenvalue weighted by Gasteiger charge is 2.28. The molecule has 1 aromatic rings. The van der Waals surface area contributed by atoms with Crippen LogP contribution >= 0.6 is 0 Å². The molecule has 0 spiro atoms. The van der Waals surface area contributed by atoms with Crippen molar-refractivity contribution in [2.75, 3.05) is 26.2 Å². The summed E-state index contributed by atoms with van der Waals surface area (Å²) in [7, 11) is 0. The van der Waals surface area contributed by atoms with Gasteiger partial charge in [0.25, 0.3) is 0 Å². The van der Waals surface area contributed by atoms with E-state index in [1.165, 1.54) is 18.4 Å². The van der Waals surface area contributed by atoms with Crippen LogP contribution in [0.5, 0.6) is 0 Å². The molecule has 1 saturated carbocycles. The van der Waals surface area contributed by atoms with Crippen molar-refractivity contribution in [3.63, 3.8) is 0 Å². The summed E-state index contributed by atoms with van der Waals surface area (Å²) in [6.07, 6.45) is 8.29. The van der Waals surface area contributed by atoms with Gasteiger partial charge in [-0.05, 0) is 30.9 Å². The van der Waals surface area contributed by atoms with Gasteiger partial charge in [-0.15, -0.1) is 6.42 Å². The van der Waals surface area contributed by atoms with Gasteiger partial charge in [-0.3, -0.25) is 4.90 Å². The van der Waals surface area contributed by atoms with Crippen LogP contribution in [0.15, 0.2) is 30.3 Å². The highest BCUT2D eigenvalue weighted by molar-refractivity contribution is 5.20. The number of terminal acetylenes is 1. The molecule has 0 saturated heterocycles. The van der Waals surface area contributed by atoms with E-state index in [-0.39, 0.29) is 0 Å². The van der Waals surface area contributed by atoms with Crippen molar-refractivity contribution in [3.8, 4) is 12.3 Å². The highest BCUT2D eigenvalue weighted by Crippen LogP contribution is 2.32. The third kappa shape index (κ3) is 4.38. The number of nitrogens with one attached hydrogen (secondary N) is 1. The molecule has 1 atom stereocenters. The zero-order valence-corrected chi connectivity index (χ0v) is 11.8. The van der Waals surface area contributed by atoms with Gasteiger partial charge in [-0.25, -0.2) is 0 Å². The molecule has 2 nitrogen and oxygen atoms in total. The van der Waals surface area contributed by atoms with E-state index < -0.39 is 0 Å². The van der Waals surface area contributed by atoms with Gasteiger partial charge in [0.2, 0.25) is 0 Å².